The molecule has 1 aromatic heterocycles. The van der Waals surface area contributed by atoms with E-state index in [-0.39, 0.29) is 17.7 Å². The van der Waals surface area contributed by atoms with Gasteiger partial charge in [0, 0.05) is 0 Å². The number of ether oxygens (including phenoxy) is 1. The third-order valence-corrected chi connectivity index (χ3v) is 5.84. The molecule has 29 heavy (non-hydrogen) atoms. The summed E-state index contributed by atoms with van der Waals surface area (Å²) in [5, 5.41) is 0.748. The number of aromatic nitrogens is 2. The second-order valence-corrected chi connectivity index (χ2v) is 7.78. The Kier molecular flexibility index (Phi) is 4.69. The van der Waals surface area contributed by atoms with Gasteiger partial charge in [0.05, 0.1) is 28.5 Å². The minimum atomic E-state index is -0.158. The second kappa shape index (κ2) is 7.64. The number of rotatable bonds is 4. The lowest BCUT2D eigenvalue weighted by molar-refractivity contribution is -0.117. The highest BCUT2D eigenvalue weighted by molar-refractivity contribution is 7.99. The van der Waals surface area contributed by atoms with E-state index in [2.05, 4.69) is 9.97 Å². The summed E-state index contributed by atoms with van der Waals surface area (Å²) in [5.41, 5.74) is 3.74. The molecule has 6 heteroatoms. The van der Waals surface area contributed by atoms with Crippen molar-refractivity contribution in [1.82, 2.24) is 9.97 Å². The summed E-state index contributed by atoms with van der Waals surface area (Å²) in [7, 11) is 0. The summed E-state index contributed by atoms with van der Waals surface area (Å²) >= 11 is 1.42. The fourth-order valence-electron chi connectivity index (χ4n) is 3.62. The van der Waals surface area contributed by atoms with E-state index < -0.39 is 0 Å². The zero-order chi connectivity index (χ0) is 19.6. The molecule has 0 spiro atoms. The molecule has 0 saturated carbocycles. The highest BCUT2D eigenvalue weighted by Crippen LogP contribution is 2.39. The van der Waals surface area contributed by atoms with Gasteiger partial charge in [0.15, 0.2) is 5.16 Å². The van der Waals surface area contributed by atoms with Gasteiger partial charge in [-0.3, -0.25) is 9.69 Å². The molecule has 5 nitrogen and oxygen atoms in total. The molecule has 1 aliphatic rings. The minimum Gasteiger partial charge on any atom is -0.489 e. The van der Waals surface area contributed by atoms with Crippen LogP contribution in [0.5, 0.6) is 5.75 Å². The van der Waals surface area contributed by atoms with Crippen molar-refractivity contribution >= 4 is 34.4 Å². The van der Waals surface area contributed by atoms with Crippen LogP contribution in [0.2, 0.25) is 0 Å². The number of anilines is 1. The molecule has 0 fully saturated rings. The van der Waals surface area contributed by atoms with E-state index >= 15 is 0 Å². The number of carbonyl (C=O) groups excluding carboxylic acids is 1. The highest BCUT2D eigenvalue weighted by Gasteiger charge is 2.33. The Morgan fingerprint density at radius 1 is 1.03 bits per heavy atom. The maximum absolute atomic E-state index is 13.3. The van der Waals surface area contributed by atoms with Crippen molar-refractivity contribution in [3.63, 3.8) is 0 Å². The van der Waals surface area contributed by atoms with Crippen LogP contribution in [-0.2, 0) is 4.79 Å². The maximum Gasteiger partial charge on any atom is 0.238 e. The predicted molar refractivity (Wildman–Crippen MR) is 115 cm³/mol. The largest absolute Gasteiger partial charge is 0.489 e. The number of hydrogen-bond donors (Lipinski definition) is 1. The first-order valence-corrected chi connectivity index (χ1v) is 10.4. The number of benzene rings is 3. The van der Waals surface area contributed by atoms with Crippen LogP contribution in [0.15, 0.2) is 84.0 Å². The van der Waals surface area contributed by atoms with Crippen LogP contribution in [0.1, 0.15) is 11.6 Å². The zero-order valence-electron chi connectivity index (χ0n) is 15.6. The van der Waals surface area contributed by atoms with Crippen LogP contribution in [0.4, 0.5) is 5.69 Å². The number of nitrogens with zero attached hydrogens (tertiary/aromatic N) is 2. The van der Waals surface area contributed by atoms with Gasteiger partial charge < -0.3 is 9.72 Å². The normalized spacial score (nSPS) is 15.7. The van der Waals surface area contributed by atoms with Crippen LogP contribution in [-0.4, -0.2) is 28.2 Å². The van der Waals surface area contributed by atoms with Crippen molar-refractivity contribution < 1.29 is 9.53 Å². The first-order chi connectivity index (χ1) is 14.3. The Morgan fingerprint density at radius 3 is 2.66 bits per heavy atom. The van der Waals surface area contributed by atoms with Crippen molar-refractivity contribution in [2.24, 2.45) is 0 Å². The summed E-state index contributed by atoms with van der Waals surface area (Å²) < 4.78 is 5.95. The predicted octanol–water partition coefficient (Wildman–Crippen LogP) is 4.82. The summed E-state index contributed by atoms with van der Waals surface area (Å²) in [6.07, 6.45) is 0. The number of amides is 1. The number of para-hydroxylation sites is 4. The average Bonchev–Trinajstić information content (AvgIpc) is 3.20. The Hall–Kier alpha value is -3.25. The number of thioether (sulfide) groups is 1. The standard InChI is InChI=1S/C23H19N3O2S/c27-22(15-29-23-24-17-10-4-5-11-18(17)25-23)26-19-12-6-7-13-21(19)28-14-20(26)16-8-2-1-3-9-16/h1-13,20H,14-15H2,(H,24,25)/t20-/m0/s1. The molecule has 5 rings (SSSR count). The molecular weight excluding hydrogens is 382 g/mol. The third kappa shape index (κ3) is 3.47. The molecule has 144 valence electrons. The van der Waals surface area contributed by atoms with E-state index in [1.54, 1.807) is 0 Å². The Balaban J connectivity index is 1.42. The van der Waals surface area contributed by atoms with Crippen molar-refractivity contribution in [2.45, 2.75) is 11.2 Å². The van der Waals surface area contributed by atoms with Crippen LogP contribution in [0, 0.1) is 0 Å². The van der Waals surface area contributed by atoms with E-state index in [1.165, 1.54) is 11.8 Å². The number of nitrogens with one attached hydrogen (secondary N) is 1. The Labute approximate surface area is 172 Å². The summed E-state index contributed by atoms with van der Waals surface area (Å²) in [6.45, 7) is 0.433. The summed E-state index contributed by atoms with van der Waals surface area (Å²) in [5.74, 6) is 1.05. The molecule has 0 bridgehead atoms. The van der Waals surface area contributed by atoms with Gasteiger partial charge in [0.1, 0.15) is 12.4 Å². The molecule has 1 amide bonds. The van der Waals surface area contributed by atoms with E-state index in [0.717, 1.165) is 33.2 Å². The van der Waals surface area contributed by atoms with Gasteiger partial charge in [-0.2, -0.15) is 0 Å². The average molecular weight is 401 g/mol. The molecule has 1 atom stereocenters. The molecule has 0 radical (unpaired) electrons. The van der Waals surface area contributed by atoms with Gasteiger partial charge >= 0.3 is 0 Å². The van der Waals surface area contributed by atoms with Gasteiger partial charge in [-0.1, -0.05) is 66.4 Å². The van der Waals surface area contributed by atoms with Crippen LogP contribution >= 0.6 is 11.8 Å². The van der Waals surface area contributed by atoms with E-state index in [4.69, 9.17) is 4.74 Å². The zero-order valence-corrected chi connectivity index (χ0v) is 16.4. The second-order valence-electron chi connectivity index (χ2n) is 6.82. The molecule has 1 aliphatic heterocycles. The molecule has 3 aromatic carbocycles. The van der Waals surface area contributed by atoms with Crippen molar-refractivity contribution in [1.29, 1.82) is 0 Å². The van der Waals surface area contributed by atoms with Gasteiger partial charge in [-0.25, -0.2) is 4.98 Å². The first-order valence-electron chi connectivity index (χ1n) is 9.46. The summed E-state index contributed by atoms with van der Waals surface area (Å²) in [6, 6.07) is 25.4. The molecule has 0 unspecified atom stereocenters. The number of fused-ring (bicyclic) bond motifs is 2. The lowest BCUT2D eigenvalue weighted by Crippen LogP contribution is -2.42. The van der Waals surface area contributed by atoms with Crippen molar-refractivity contribution in [3.05, 3.63) is 84.4 Å². The van der Waals surface area contributed by atoms with Crippen molar-refractivity contribution in [2.75, 3.05) is 17.3 Å². The van der Waals surface area contributed by atoms with Crippen molar-refractivity contribution in [3.8, 4) is 5.75 Å². The van der Waals surface area contributed by atoms with E-state index in [9.17, 15) is 4.79 Å². The fourth-order valence-corrected chi connectivity index (χ4v) is 4.36. The lowest BCUT2D eigenvalue weighted by atomic mass is 10.0. The topological polar surface area (TPSA) is 58.2 Å². The third-order valence-electron chi connectivity index (χ3n) is 4.99. The molecule has 1 N–H and O–H groups in total. The highest BCUT2D eigenvalue weighted by atomic mass is 32.2. The maximum atomic E-state index is 13.3. The molecule has 2 heterocycles. The number of aromatic amines is 1. The van der Waals surface area contributed by atoms with Gasteiger partial charge in [-0.15, -0.1) is 0 Å². The number of H-pyrrole nitrogens is 1. The monoisotopic (exact) mass is 401 g/mol. The van der Waals surface area contributed by atoms with Crippen LogP contribution in [0.25, 0.3) is 11.0 Å². The quantitative estimate of drug-likeness (QED) is 0.498. The smallest absolute Gasteiger partial charge is 0.238 e. The minimum absolute atomic E-state index is 0.0278. The molecule has 0 saturated heterocycles. The first kappa shape index (κ1) is 17.8. The fraction of sp³-hybridized carbons (Fsp3) is 0.130. The SMILES string of the molecule is O=C(CSc1nc2ccccc2[nH]1)N1c2ccccc2OC[C@H]1c1ccccc1. The van der Waals surface area contributed by atoms with Crippen LogP contribution in [0.3, 0.4) is 0 Å². The van der Waals surface area contributed by atoms with Crippen LogP contribution < -0.4 is 9.64 Å². The van der Waals surface area contributed by atoms with Gasteiger partial charge in [0.25, 0.3) is 0 Å². The lowest BCUT2D eigenvalue weighted by Gasteiger charge is -2.37. The van der Waals surface area contributed by atoms with E-state index in [1.807, 2.05) is 83.8 Å². The summed E-state index contributed by atoms with van der Waals surface area (Å²) in [4.78, 5) is 23.0. The number of carbonyl (C=O) groups is 1. The Morgan fingerprint density at radius 2 is 1.79 bits per heavy atom. The molecular formula is C23H19N3O2S. The number of hydrogen-bond acceptors (Lipinski definition) is 4. The molecule has 4 aromatic rings. The van der Waals surface area contributed by atoms with Gasteiger partial charge in [0.2, 0.25) is 5.91 Å². The Bertz CT molecular complexity index is 1130. The van der Waals surface area contributed by atoms with E-state index in [0.29, 0.717) is 6.61 Å². The number of imidazole rings is 1. The van der Waals surface area contributed by atoms with Gasteiger partial charge in [-0.05, 0) is 29.8 Å². The molecule has 0 aliphatic carbocycles.